The first-order chi connectivity index (χ1) is 11.4. The number of sulfone groups is 1. The molecule has 0 aliphatic rings. The summed E-state index contributed by atoms with van der Waals surface area (Å²) in [6.45, 7) is 0.258. The molecule has 0 spiro atoms. The molecule has 0 radical (unpaired) electrons. The van der Waals surface area contributed by atoms with Gasteiger partial charge in [-0.3, -0.25) is 0 Å². The summed E-state index contributed by atoms with van der Waals surface area (Å²) in [6, 6.07) is 12.2. The van der Waals surface area contributed by atoms with E-state index in [0.717, 1.165) is 0 Å². The maximum absolute atomic E-state index is 12.1. The summed E-state index contributed by atoms with van der Waals surface area (Å²) in [5, 5.41) is 18.3. The zero-order valence-corrected chi connectivity index (χ0v) is 13.7. The van der Waals surface area contributed by atoms with E-state index in [9.17, 15) is 18.3 Å². The molecule has 2 rings (SSSR count). The lowest BCUT2D eigenvalue weighted by molar-refractivity contribution is 0.0693. The second-order valence-electron chi connectivity index (χ2n) is 5.17. The monoisotopic (exact) mass is 350 g/mol. The normalized spacial score (nSPS) is 11.2. The highest BCUT2D eigenvalue weighted by Crippen LogP contribution is 2.23. The van der Waals surface area contributed by atoms with Crippen molar-refractivity contribution >= 4 is 15.8 Å². The first-order valence-corrected chi connectivity index (χ1v) is 9.02. The number of aromatic carboxylic acids is 1. The van der Waals surface area contributed by atoms with Crippen molar-refractivity contribution in [3.8, 4) is 11.5 Å². The molecule has 0 aromatic heterocycles. The molecule has 2 aromatic carbocycles. The molecule has 7 heteroatoms. The van der Waals surface area contributed by atoms with E-state index in [2.05, 4.69) is 0 Å². The van der Waals surface area contributed by atoms with Crippen molar-refractivity contribution in [3.63, 3.8) is 0 Å². The number of hydrogen-bond acceptors (Lipinski definition) is 5. The van der Waals surface area contributed by atoms with Gasteiger partial charge >= 0.3 is 5.97 Å². The molecule has 0 saturated heterocycles. The highest BCUT2D eigenvalue weighted by molar-refractivity contribution is 7.91. The molecule has 0 aliphatic carbocycles. The third kappa shape index (κ3) is 4.73. The summed E-state index contributed by atoms with van der Waals surface area (Å²) in [4.78, 5) is 11.2. The SMILES string of the molecule is O=C(O)c1cc(OCCCCS(=O)(=O)c2ccccc2)ccc1O. The van der Waals surface area contributed by atoms with Gasteiger partial charge in [0.05, 0.1) is 17.3 Å². The first-order valence-electron chi connectivity index (χ1n) is 7.37. The summed E-state index contributed by atoms with van der Waals surface area (Å²) < 4.78 is 29.6. The first kappa shape index (κ1) is 17.8. The minimum absolute atomic E-state index is 0.0241. The van der Waals surface area contributed by atoms with Crippen LogP contribution >= 0.6 is 0 Å². The Bertz CT molecular complexity index is 799. The van der Waals surface area contributed by atoms with Crippen LogP contribution < -0.4 is 4.74 Å². The lowest BCUT2D eigenvalue weighted by Crippen LogP contribution is -2.08. The largest absolute Gasteiger partial charge is 0.507 e. The fraction of sp³-hybridized carbons (Fsp3) is 0.235. The third-order valence-corrected chi connectivity index (χ3v) is 5.19. The van der Waals surface area contributed by atoms with Gasteiger partial charge in [-0.15, -0.1) is 0 Å². The molecular weight excluding hydrogens is 332 g/mol. The van der Waals surface area contributed by atoms with E-state index >= 15 is 0 Å². The van der Waals surface area contributed by atoms with Crippen molar-refractivity contribution in [2.75, 3.05) is 12.4 Å². The minimum Gasteiger partial charge on any atom is -0.507 e. The number of unbranched alkanes of at least 4 members (excludes halogenated alkanes) is 1. The maximum atomic E-state index is 12.1. The molecule has 24 heavy (non-hydrogen) atoms. The molecule has 128 valence electrons. The van der Waals surface area contributed by atoms with Crippen molar-refractivity contribution in [2.24, 2.45) is 0 Å². The average Bonchev–Trinajstić information content (AvgIpc) is 2.56. The molecule has 2 N–H and O–H groups in total. The van der Waals surface area contributed by atoms with Crippen LogP contribution in [0, 0.1) is 0 Å². The Morgan fingerprint density at radius 1 is 1.04 bits per heavy atom. The highest BCUT2D eigenvalue weighted by atomic mass is 32.2. The Labute approximate surface area is 140 Å². The van der Waals surface area contributed by atoms with Gasteiger partial charge in [0.1, 0.15) is 17.1 Å². The molecule has 0 fully saturated rings. The van der Waals surface area contributed by atoms with E-state index in [1.165, 1.54) is 18.2 Å². The summed E-state index contributed by atoms with van der Waals surface area (Å²) in [5.41, 5.74) is -0.237. The Kier molecular flexibility index (Phi) is 5.81. The number of carbonyl (C=O) groups is 1. The fourth-order valence-corrected chi connectivity index (χ4v) is 3.50. The fourth-order valence-electron chi connectivity index (χ4n) is 2.11. The van der Waals surface area contributed by atoms with Gasteiger partial charge in [0.15, 0.2) is 9.84 Å². The third-order valence-electron chi connectivity index (χ3n) is 3.38. The van der Waals surface area contributed by atoms with Crippen LogP contribution in [0.5, 0.6) is 11.5 Å². The molecule has 0 heterocycles. The number of carboxylic acids is 1. The van der Waals surface area contributed by atoms with Crippen molar-refractivity contribution in [2.45, 2.75) is 17.7 Å². The van der Waals surface area contributed by atoms with Gasteiger partial charge < -0.3 is 14.9 Å². The zero-order chi connectivity index (χ0) is 17.6. The number of rotatable bonds is 8. The summed E-state index contributed by atoms with van der Waals surface area (Å²) in [5.74, 6) is -1.23. The topological polar surface area (TPSA) is 101 Å². The maximum Gasteiger partial charge on any atom is 0.339 e. The standard InChI is InChI=1S/C17H18O6S/c18-16-9-8-13(12-15(16)17(19)20)23-10-4-5-11-24(21,22)14-6-2-1-3-7-14/h1-3,6-9,12,18H,4-5,10-11H2,(H,19,20). The van der Waals surface area contributed by atoms with Crippen molar-refractivity contribution in [1.29, 1.82) is 0 Å². The van der Waals surface area contributed by atoms with Gasteiger partial charge in [-0.05, 0) is 43.2 Å². The van der Waals surface area contributed by atoms with Crippen molar-refractivity contribution in [3.05, 3.63) is 54.1 Å². The van der Waals surface area contributed by atoms with Crippen LogP contribution in [0.2, 0.25) is 0 Å². The van der Waals surface area contributed by atoms with E-state index in [0.29, 0.717) is 23.5 Å². The Morgan fingerprint density at radius 3 is 2.42 bits per heavy atom. The Morgan fingerprint density at radius 2 is 1.75 bits per heavy atom. The summed E-state index contributed by atoms with van der Waals surface area (Å²) in [7, 11) is -3.30. The molecule has 0 unspecified atom stereocenters. The predicted molar refractivity (Wildman–Crippen MR) is 88.3 cm³/mol. The van der Waals surface area contributed by atoms with E-state index < -0.39 is 15.8 Å². The number of benzene rings is 2. The van der Waals surface area contributed by atoms with Crippen LogP contribution in [0.25, 0.3) is 0 Å². The van der Waals surface area contributed by atoms with Crippen LogP contribution in [0.4, 0.5) is 0 Å². The number of aromatic hydroxyl groups is 1. The summed E-state index contributed by atoms with van der Waals surface area (Å²) >= 11 is 0. The number of carboxylic acid groups (broad SMARTS) is 1. The minimum atomic E-state index is -3.30. The summed E-state index contributed by atoms with van der Waals surface area (Å²) in [6.07, 6.45) is 0.941. The van der Waals surface area contributed by atoms with Gasteiger partial charge in [0.25, 0.3) is 0 Å². The quantitative estimate of drug-likeness (QED) is 0.710. The molecular formula is C17H18O6S. The van der Waals surface area contributed by atoms with Crippen LogP contribution in [0.1, 0.15) is 23.2 Å². The van der Waals surface area contributed by atoms with Crippen LogP contribution in [0.3, 0.4) is 0 Å². The van der Waals surface area contributed by atoms with Crippen molar-refractivity contribution in [1.82, 2.24) is 0 Å². The molecule has 6 nitrogen and oxygen atoms in total. The van der Waals surface area contributed by atoms with E-state index in [-0.39, 0.29) is 23.7 Å². The van der Waals surface area contributed by atoms with Crippen LogP contribution in [0.15, 0.2) is 53.4 Å². The molecule has 0 atom stereocenters. The second kappa shape index (κ2) is 7.83. The molecule has 0 amide bonds. The second-order valence-corrected chi connectivity index (χ2v) is 7.28. The molecule has 0 saturated carbocycles. The van der Waals surface area contributed by atoms with Gasteiger partial charge in [0, 0.05) is 0 Å². The van der Waals surface area contributed by atoms with Gasteiger partial charge in [-0.1, -0.05) is 18.2 Å². The van der Waals surface area contributed by atoms with Crippen molar-refractivity contribution < 1.29 is 28.2 Å². The smallest absolute Gasteiger partial charge is 0.339 e. The average molecular weight is 350 g/mol. The van der Waals surface area contributed by atoms with E-state index in [4.69, 9.17) is 9.84 Å². The van der Waals surface area contributed by atoms with E-state index in [1.54, 1.807) is 30.3 Å². The van der Waals surface area contributed by atoms with Crippen LogP contribution in [-0.4, -0.2) is 37.0 Å². The van der Waals surface area contributed by atoms with Gasteiger partial charge in [-0.25, -0.2) is 13.2 Å². The number of phenols is 1. The number of hydrogen-bond donors (Lipinski definition) is 2. The zero-order valence-electron chi connectivity index (χ0n) is 12.9. The van der Waals surface area contributed by atoms with Crippen LogP contribution in [-0.2, 0) is 9.84 Å². The lowest BCUT2D eigenvalue weighted by Gasteiger charge is -2.08. The van der Waals surface area contributed by atoms with Gasteiger partial charge in [0.2, 0.25) is 0 Å². The van der Waals surface area contributed by atoms with Gasteiger partial charge in [-0.2, -0.15) is 0 Å². The Hall–Kier alpha value is -2.54. The molecule has 0 bridgehead atoms. The molecule has 0 aliphatic heterocycles. The van der Waals surface area contributed by atoms with E-state index in [1.807, 2.05) is 0 Å². The Balaban J connectivity index is 1.82. The number of ether oxygens (including phenoxy) is 1. The molecule has 2 aromatic rings. The highest BCUT2D eigenvalue weighted by Gasteiger charge is 2.13. The predicted octanol–water partition coefficient (Wildman–Crippen LogP) is 2.72. The lowest BCUT2D eigenvalue weighted by atomic mass is 10.2.